The molecule has 0 spiro atoms. The predicted molar refractivity (Wildman–Crippen MR) is 216 cm³/mol. The van der Waals surface area contributed by atoms with E-state index < -0.39 is 17.7 Å². The van der Waals surface area contributed by atoms with Crippen LogP contribution in [0.25, 0.3) is 22.5 Å². The standard InChI is InChI=1S/C42H55N9O5/c1-6-51(7-2)24-23-43-38(52)34-10-8-9-33(26-34)30-15-11-28(12-16-30)25-36(40(54)45-35-21-19-31(20-22-35)37-47-49-50-48-37)46-39(53)32-17-13-29(14-18-32)27-44-41(55)56-42(3,4)5/h8-12,15-16,19-22,26,29,32,36H,6-7,13-14,17-18,23-25,27H2,1-5H3,(H,43,52)(H,44,55)(H,45,54)(H,46,53)(H,47,48,49,50)/t29?,32?,36-/m0/s1. The number of aromatic nitrogens is 4. The monoisotopic (exact) mass is 765 g/mol. The number of rotatable bonds is 16. The van der Waals surface area contributed by atoms with Crippen molar-refractivity contribution in [2.24, 2.45) is 11.8 Å². The number of likely N-dealkylation sites (N-methyl/N-ethyl adjacent to an activating group) is 1. The third kappa shape index (κ3) is 12.4. The molecule has 1 saturated carbocycles. The molecule has 0 radical (unpaired) electrons. The van der Waals surface area contributed by atoms with Gasteiger partial charge in [0.1, 0.15) is 11.6 Å². The molecule has 5 N–H and O–H groups in total. The van der Waals surface area contributed by atoms with Gasteiger partial charge in [-0.15, -0.1) is 10.2 Å². The Kier molecular flexibility index (Phi) is 14.7. The minimum atomic E-state index is -0.847. The summed E-state index contributed by atoms with van der Waals surface area (Å²) >= 11 is 0. The summed E-state index contributed by atoms with van der Waals surface area (Å²) in [6, 6.07) is 21.6. The first kappa shape index (κ1) is 41.5. The van der Waals surface area contributed by atoms with Crippen molar-refractivity contribution in [1.82, 2.24) is 41.5 Å². The second kappa shape index (κ2) is 19.8. The Bertz CT molecular complexity index is 1880. The van der Waals surface area contributed by atoms with E-state index in [2.05, 4.69) is 60.6 Å². The van der Waals surface area contributed by atoms with E-state index in [9.17, 15) is 19.2 Å². The zero-order valence-electron chi connectivity index (χ0n) is 33.1. The van der Waals surface area contributed by atoms with E-state index in [0.29, 0.717) is 43.0 Å². The van der Waals surface area contributed by atoms with Crippen molar-refractivity contribution >= 4 is 29.5 Å². The molecule has 1 fully saturated rings. The van der Waals surface area contributed by atoms with Crippen LogP contribution in [0.3, 0.4) is 0 Å². The van der Waals surface area contributed by atoms with Crippen molar-refractivity contribution in [3.05, 3.63) is 83.9 Å². The van der Waals surface area contributed by atoms with Crippen LogP contribution in [0.2, 0.25) is 0 Å². The van der Waals surface area contributed by atoms with Gasteiger partial charge in [0, 0.05) is 48.8 Å². The van der Waals surface area contributed by atoms with Crippen LogP contribution < -0.4 is 21.3 Å². The van der Waals surface area contributed by atoms with Gasteiger partial charge in [-0.1, -0.05) is 50.2 Å². The minimum Gasteiger partial charge on any atom is -0.444 e. The third-order valence-electron chi connectivity index (χ3n) is 10.0. The van der Waals surface area contributed by atoms with Crippen LogP contribution in [0.5, 0.6) is 0 Å². The lowest BCUT2D eigenvalue weighted by Gasteiger charge is -2.29. The Labute approximate surface area is 328 Å². The van der Waals surface area contributed by atoms with E-state index >= 15 is 0 Å². The first-order valence-electron chi connectivity index (χ1n) is 19.5. The van der Waals surface area contributed by atoms with Gasteiger partial charge in [0.15, 0.2) is 0 Å². The van der Waals surface area contributed by atoms with E-state index in [4.69, 9.17) is 4.74 Å². The summed E-state index contributed by atoms with van der Waals surface area (Å²) in [6.45, 7) is 13.4. The number of tetrazole rings is 1. The van der Waals surface area contributed by atoms with Crippen LogP contribution in [0, 0.1) is 11.8 Å². The number of H-pyrrole nitrogens is 1. The molecule has 0 aliphatic heterocycles. The number of aromatic amines is 1. The predicted octanol–water partition coefficient (Wildman–Crippen LogP) is 5.60. The van der Waals surface area contributed by atoms with Gasteiger partial charge in [-0.2, -0.15) is 5.21 Å². The largest absolute Gasteiger partial charge is 0.444 e. The Morgan fingerprint density at radius 2 is 1.57 bits per heavy atom. The van der Waals surface area contributed by atoms with Gasteiger partial charge in [0.25, 0.3) is 5.91 Å². The minimum absolute atomic E-state index is 0.115. The van der Waals surface area contributed by atoms with Crippen LogP contribution in [-0.2, 0) is 20.7 Å². The summed E-state index contributed by atoms with van der Waals surface area (Å²) in [5.74, 6) is -0.193. The SMILES string of the molecule is CCN(CC)CCNC(=O)c1cccc(-c2ccc(C[C@H](NC(=O)C3CCC(CNC(=O)OC(C)(C)C)CC3)C(=O)Nc3ccc(-c4nn[nH]n4)cc3)cc2)c1. The third-order valence-corrected chi connectivity index (χ3v) is 10.0. The van der Waals surface area contributed by atoms with E-state index in [1.165, 1.54) is 0 Å². The molecular weight excluding hydrogens is 711 g/mol. The highest BCUT2D eigenvalue weighted by Gasteiger charge is 2.30. The van der Waals surface area contributed by atoms with Crippen LogP contribution >= 0.6 is 0 Å². The summed E-state index contributed by atoms with van der Waals surface area (Å²) in [5, 5.41) is 25.9. The number of nitrogens with zero attached hydrogens (tertiary/aromatic N) is 4. The number of benzene rings is 3. The number of anilines is 1. The smallest absolute Gasteiger partial charge is 0.407 e. The van der Waals surface area contributed by atoms with Crippen molar-refractivity contribution in [2.45, 2.75) is 78.4 Å². The molecule has 1 heterocycles. The molecule has 4 aromatic rings. The fraction of sp³-hybridized carbons (Fsp3) is 0.452. The molecule has 1 aliphatic carbocycles. The molecule has 56 heavy (non-hydrogen) atoms. The quantitative estimate of drug-likeness (QED) is 0.0969. The highest BCUT2D eigenvalue weighted by atomic mass is 16.6. The zero-order chi connectivity index (χ0) is 40.1. The molecule has 3 aromatic carbocycles. The second-order valence-electron chi connectivity index (χ2n) is 15.2. The number of ether oxygens (including phenoxy) is 1. The maximum atomic E-state index is 13.8. The molecule has 5 rings (SSSR count). The number of carbonyl (C=O) groups is 4. The molecule has 14 heteroatoms. The number of carbonyl (C=O) groups excluding carboxylic acids is 4. The normalized spacial score (nSPS) is 16.1. The van der Waals surface area contributed by atoms with Crippen molar-refractivity contribution in [3.63, 3.8) is 0 Å². The summed E-state index contributed by atoms with van der Waals surface area (Å²) < 4.78 is 5.36. The van der Waals surface area contributed by atoms with E-state index in [1.54, 1.807) is 24.3 Å². The van der Waals surface area contributed by atoms with Gasteiger partial charge in [0.2, 0.25) is 17.6 Å². The van der Waals surface area contributed by atoms with Crippen molar-refractivity contribution in [3.8, 4) is 22.5 Å². The van der Waals surface area contributed by atoms with Crippen molar-refractivity contribution in [2.75, 3.05) is 38.0 Å². The van der Waals surface area contributed by atoms with Gasteiger partial charge < -0.3 is 30.9 Å². The van der Waals surface area contributed by atoms with Crippen molar-refractivity contribution < 1.29 is 23.9 Å². The first-order valence-corrected chi connectivity index (χ1v) is 19.5. The van der Waals surface area contributed by atoms with E-state index in [0.717, 1.165) is 54.7 Å². The Morgan fingerprint density at radius 1 is 0.875 bits per heavy atom. The van der Waals surface area contributed by atoms with E-state index in [1.807, 2.05) is 69.3 Å². The van der Waals surface area contributed by atoms with Gasteiger partial charge in [-0.05, 0) is 124 Å². The molecule has 0 bridgehead atoms. The number of nitrogens with one attached hydrogen (secondary N) is 5. The van der Waals surface area contributed by atoms with Crippen LogP contribution in [-0.4, -0.2) is 93.7 Å². The summed E-state index contributed by atoms with van der Waals surface area (Å²) in [7, 11) is 0. The fourth-order valence-corrected chi connectivity index (χ4v) is 6.76. The Balaban J connectivity index is 1.23. The summed E-state index contributed by atoms with van der Waals surface area (Å²) in [4.78, 5) is 54.8. The maximum absolute atomic E-state index is 13.8. The number of hydrogen-bond donors (Lipinski definition) is 5. The molecular formula is C42H55N9O5. The molecule has 0 saturated heterocycles. The topological polar surface area (TPSA) is 183 Å². The molecule has 1 aliphatic rings. The lowest BCUT2D eigenvalue weighted by Crippen LogP contribution is -2.48. The highest BCUT2D eigenvalue weighted by molar-refractivity contribution is 5.98. The van der Waals surface area contributed by atoms with Gasteiger partial charge in [-0.3, -0.25) is 14.4 Å². The van der Waals surface area contributed by atoms with Crippen LogP contribution in [0.4, 0.5) is 10.5 Å². The van der Waals surface area contributed by atoms with Gasteiger partial charge in [-0.25, -0.2) is 4.79 Å². The van der Waals surface area contributed by atoms with E-state index in [-0.39, 0.29) is 36.0 Å². The molecule has 4 amide bonds. The number of alkyl carbamates (subject to hydrolysis) is 1. The highest BCUT2D eigenvalue weighted by Crippen LogP contribution is 2.29. The zero-order valence-corrected chi connectivity index (χ0v) is 33.1. The lowest BCUT2D eigenvalue weighted by molar-refractivity contribution is -0.130. The van der Waals surface area contributed by atoms with Crippen LogP contribution in [0.15, 0.2) is 72.8 Å². The molecule has 1 aromatic heterocycles. The lowest BCUT2D eigenvalue weighted by atomic mass is 9.81. The second-order valence-corrected chi connectivity index (χ2v) is 15.2. The molecule has 1 atom stereocenters. The van der Waals surface area contributed by atoms with Crippen LogP contribution in [0.1, 0.15) is 76.2 Å². The Morgan fingerprint density at radius 3 is 2.21 bits per heavy atom. The maximum Gasteiger partial charge on any atom is 0.407 e. The van der Waals surface area contributed by atoms with Crippen molar-refractivity contribution in [1.29, 1.82) is 0 Å². The molecule has 14 nitrogen and oxygen atoms in total. The number of amides is 4. The average molecular weight is 766 g/mol. The summed E-state index contributed by atoms with van der Waals surface area (Å²) in [5.41, 5.74) is 4.01. The Hall–Kier alpha value is -5.63. The number of hydrogen-bond acceptors (Lipinski definition) is 9. The summed E-state index contributed by atoms with van der Waals surface area (Å²) in [6.07, 6.45) is 2.68. The first-order chi connectivity index (χ1) is 26.9. The van der Waals surface area contributed by atoms with Gasteiger partial charge in [0.05, 0.1) is 0 Å². The fourth-order valence-electron chi connectivity index (χ4n) is 6.76. The molecule has 298 valence electrons. The van der Waals surface area contributed by atoms with Gasteiger partial charge >= 0.3 is 6.09 Å². The molecule has 0 unspecified atom stereocenters. The average Bonchev–Trinajstić information content (AvgIpc) is 3.74.